The molecular formula is C22H24N2O5. The Labute approximate surface area is 169 Å². The molecular weight excluding hydrogens is 372 g/mol. The molecule has 0 heterocycles. The summed E-state index contributed by atoms with van der Waals surface area (Å²) in [6, 6.07) is 15.0. The van der Waals surface area contributed by atoms with Gasteiger partial charge in [-0.1, -0.05) is 42.5 Å². The Morgan fingerprint density at radius 1 is 1.00 bits per heavy atom. The van der Waals surface area contributed by atoms with Gasteiger partial charge in [0.15, 0.2) is 0 Å². The number of amides is 3. The molecule has 1 atom stereocenters. The van der Waals surface area contributed by atoms with Crippen molar-refractivity contribution in [2.24, 2.45) is 0 Å². The van der Waals surface area contributed by atoms with E-state index in [2.05, 4.69) is 10.6 Å². The van der Waals surface area contributed by atoms with Gasteiger partial charge in [-0.2, -0.15) is 0 Å². The lowest BCUT2D eigenvalue weighted by Gasteiger charge is -2.16. The Morgan fingerprint density at radius 3 is 2.31 bits per heavy atom. The molecule has 2 N–H and O–H groups in total. The van der Waals surface area contributed by atoms with Gasteiger partial charge in [-0.05, 0) is 37.6 Å². The zero-order valence-electron chi connectivity index (χ0n) is 16.4. The molecule has 2 aromatic carbocycles. The highest BCUT2D eigenvalue weighted by Crippen LogP contribution is 2.18. The van der Waals surface area contributed by atoms with Gasteiger partial charge in [0, 0.05) is 18.2 Å². The van der Waals surface area contributed by atoms with Crippen molar-refractivity contribution in [1.82, 2.24) is 10.6 Å². The first-order valence-corrected chi connectivity index (χ1v) is 9.28. The topological polar surface area (TPSA) is 93.7 Å². The van der Waals surface area contributed by atoms with Crippen LogP contribution in [0.3, 0.4) is 0 Å². The van der Waals surface area contributed by atoms with Crippen LogP contribution in [0.25, 0.3) is 6.08 Å². The van der Waals surface area contributed by atoms with Crippen LogP contribution in [0, 0.1) is 0 Å². The summed E-state index contributed by atoms with van der Waals surface area (Å²) < 4.78 is 10.7. The van der Waals surface area contributed by atoms with Crippen molar-refractivity contribution >= 4 is 24.0 Å². The first-order valence-electron chi connectivity index (χ1n) is 9.28. The van der Waals surface area contributed by atoms with Gasteiger partial charge >= 0.3 is 12.0 Å². The van der Waals surface area contributed by atoms with Crippen LogP contribution >= 0.6 is 0 Å². The van der Waals surface area contributed by atoms with E-state index >= 15 is 0 Å². The highest BCUT2D eigenvalue weighted by Gasteiger charge is 2.25. The summed E-state index contributed by atoms with van der Waals surface area (Å²) in [5, 5.41) is 4.63. The average Bonchev–Trinajstić information content (AvgIpc) is 2.72. The molecule has 3 amide bonds. The van der Waals surface area contributed by atoms with Crippen LogP contribution in [-0.4, -0.2) is 31.1 Å². The minimum absolute atomic E-state index is 0.361. The van der Waals surface area contributed by atoms with Gasteiger partial charge in [-0.25, -0.2) is 9.59 Å². The largest absolute Gasteiger partial charge is 0.494 e. The summed E-state index contributed by atoms with van der Waals surface area (Å²) in [5.41, 5.74) is 1.23. The fourth-order valence-corrected chi connectivity index (χ4v) is 2.44. The van der Waals surface area contributed by atoms with Crippen LogP contribution < -0.4 is 15.4 Å². The highest BCUT2D eigenvalue weighted by molar-refractivity contribution is 5.98. The normalized spacial score (nSPS) is 11.5. The molecule has 1 unspecified atom stereocenters. The van der Waals surface area contributed by atoms with Gasteiger partial charge in [0.25, 0.3) is 5.91 Å². The number of imide groups is 1. The first-order chi connectivity index (χ1) is 14.0. The second-order valence-electron chi connectivity index (χ2n) is 5.91. The Kier molecular flexibility index (Phi) is 8.44. The first kappa shape index (κ1) is 21.7. The third-order valence-electron chi connectivity index (χ3n) is 3.75. The van der Waals surface area contributed by atoms with Crippen LogP contribution in [0.4, 0.5) is 4.79 Å². The van der Waals surface area contributed by atoms with Crippen molar-refractivity contribution in [2.45, 2.75) is 20.0 Å². The number of rotatable bonds is 8. The van der Waals surface area contributed by atoms with E-state index in [-0.39, 0.29) is 0 Å². The van der Waals surface area contributed by atoms with E-state index in [0.717, 1.165) is 11.3 Å². The molecule has 2 rings (SSSR count). The van der Waals surface area contributed by atoms with E-state index in [4.69, 9.17) is 9.47 Å². The maximum absolute atomic E-state index is 12.5. The van der Waals surface area contributed by atoms with Crippen LogP contribution in [0.2, 0.25) is 0 Å². The van der Waals surface area contributed by atoms with Gasteiger partial charge in [0.1, 0.15) is 5.75 Å². The summed E-state index contributed by atoms with van der Waals surface area (Å²) in [6.45, 7) is 4.56. The Balaban J connectivity index is 2.08. The number of benzene rings is 2. The summed E-state index contributed by atoms with van der Waals surface area (Å²) in [6.07, 6.45) is 1.55. The molecule has 0 saturated carbocycles. The van der Waals surface area contributed by atoms with Crippen LogP contribution in [0.15, 0.2) is 60.7 Å². The van der Waals surface area contributed by atoms with E-state index in [1.807, 2.05) is 6.92 Å². The van der Waals surface area contributed by atoms with Gasteiger partial charge < -0.3 is 14.8 Å². The van der Waals surface area contributed by atoms with Gasteiger partial charge in [-0.15, -0.1) is 0 Å². The van der Waals surface area contributed by atoms with Gasteiger partial charge in [0.2, 0.25) is 6.10 Å². The lowest BCUT2D eigenvalue weighted by Crippen LogP contribution is -2.42. The fourth-order valence-electron chi connectivity index (χ4n) is 2.44. The standard InChI is InChI=1S/C22H24N2O5/c1-3-23-22(27)24-21(26)20(17-8-6-5-7-9-17)29-19(25)15-12-16-10-13-18(14-11-16)28-4-2/h5-15,20H,3-4H2,1-2H3,(H2,23,24,26,27)/b15-12+. The van der Waals surface area contributed by atoms with Gasteiger partial charge in [0.05, 0.1) is 6.61 Å². The molecule has 0 fully saturated rings. The Hall–Kier alpha value is -3.61. The molecule has 0 aliphatic rings. The number of nitrogens with one attached hydrogen (secondary N) is 2. The number of esters is 1. The van der Waals surface area contributed by atoms with Crippen LogP contribution in [-0.2, 0) is 14.3 Å². The zero-order valence-corrected chi connectivity index (χ0v) is 16.4. The number of carbonyl (C=O) groups excluding carboxylic acids is 3. The molecule has 0 saturated heterocycles. The van der Waals surface area contributed by atoms with E-state index in [0.29, 0.717) is 18.7 Å². The summed E-state index contributed by atoms with van der Waals surface area (Å²) in [4.78, 5) is 36.4. The lowest BCUT2D eigenvalue weighted by molar-refractivity contribution is -0.151. The van der Waals surface area contributed by atoms with Crippen molar-refractivity contribution in [3.05, 3.63) is 71.8 Å². The number of ether oxygens (including phenoxy) is 2. The molecule has 0 radical (unpaired) electrons. The second kappa shape index (κ2) is 11.3. The number of carbonyl (C=O) groups is 3. The SMILES string of the molecule is CCNC(=O)NC(=O)C(OC(=O)/C=C/c1ccc(OCC)cc1)c1ccccc1. The molecule has 0 bridgehead atoms. The molecule has 7 nitrogen and oxygen atoms in total. The lowest BCUT2D eigenvalue weighted by atomic mass is 10.1. The van der Waals surface area contributed by atoms with E-state index < -0.39 is 24.0 Å². The smallest absolute Gasteiger partial charge is 0.331 e. The minimum Gasteiger partial charge on any atom is -0.494 e. The predicted molar refractivity (Wildman–Crippen MR) is 109 cm³/mol. The predicted octanol–water partition coefficient (Wildman–Crippen LogP) is 3.23. The maximum atomic E-state index is 12.5. The van der Waals surface area contributed by atoms with Crippen molar-refractivity contribution in [2.75, 3.05) is 13.2 Å². The van der Waals surface area contributed by atoms with Crippen molar-refractivity contribution < 1.29 is 23.9 Å². The van der Waals surface area contributed by atoms with Crippen molar-refractivity contribution in [3.8, 4) is 5.75 Å². The maximum Gasteiger partial charge on any atom is 0.331 e. The molecule has 0 aliphatic carbocycles. The summed E-state index contributed by atoms with van der Waals surface area (Å²) >= 11 is 0. The van der Waals surface area contributed by atoms with Crippen molar-refractivity contribution in [3.63, 3.8) is 0 Å². The van der Waals surface area contributed by atoms with Crippen LogP contribution in [0.1, 0.15) is 31.1 Å². The monoisotopic (exact) mass is 396 g/mol. The number of hydrogen-bond donors (Lipinski definition) is 2. The zero-order chi connectivity index (χ0) is 21.1. The van der Waals surface area contributed by atoms with Crippen LogP contribution in [0.5, 0.6) is 5.75 Å². The van der Waals surface area contributed by atoms with Gasteiger partial charge in [-0.3, -0.25) is 10.1 Å². The molecule has 152 valence electrons. The third-order valence-corrected chi connectivity index (χ3v) is 3.75. The Morgan fingerprint density at radius 2 is 1.69 bits per heavy atom. The molecule has 0 spiro atoms. The van der Waals surface area contributed by atoms with E-state index in [1.165, 1.54) is 6.08 Å². The Bertz CT molecular complexity index is 847. The number of urea groups is 1. The fraction of sp³-hybridized carbons (Fsp3) is 0.227. The summed E-state index contributed by atoms with van der Waals surface area (Å²) in [7, 11) is 0. The molecule has 0 aliphatic heterocycles. The molecule has 2 aromatic rings. The minimum atomic E-state index is -1.25. The van der Waals surface area contributed by atoms with E-state index in [9.17, 15) is 14.4 Å². The molecule has 7 heteroatoms. The number of hydrogen-bond acceptors (Lipinski definition) is 5. The second-order valence-corrected chi connectivity index (χ2v) is 5.91. The molecule has 29 heavy (non-hydrogen) atoms. The highest BCUT2D eigenvalue weighted by atomic mass is 16.5. The van der Waals surface area contributed by atoms with E-state index in [1.54, 1.807) is 67.6 Å². The third kappa shape index (κ3) is 7.14. The quantitative estimate of drug-likeness (QED) is 0.528. The van der Waals surface area contributed by atoms with Crippen molar-refractivity contribution in [1.29, 1.82) is 0 Å². The average molecular weight is 396 g/mol. The summed E-state index contributed by atoms with van der Waals surface area (Å²) in [5.74, 6) is -0.706. The molecule has 0 aromatic heterocycles.